The first kappa shape index (κ1) is 14.4. The molecule has 0 amide bonds. The highest BCUT2D eigenvalue weighted by Gasteiger charge is 2.33. The molecule has 3 nitrogen and oxygen atoms in total. The van der Waals surface area contributed by atoms with Gasteiger partial charge in [0.05, 0.1) is 0 Å². The molecule has 1 rings (SSSR count). The number of phenols is 1. The summed E-state index contributed by atoms with van der Waals surface area (Å²) in [5, 5.41) is 9.25. The van der Waals surface area contributed by atoms with Crippen molar-refractivity contribution in [1.82, 2.24) is 0 Å². The van der Waals surface area contributed by atoms with Gasteiger partial charge in [0.15, 0.2) is 0 Å². The summed E-state index contributed by atoms with van der Waals surface area (Å²) >= 11 is 0. The Hall–Kier alpha value is -1.64. The number of aromatic hydroxyl groups is 1. The molecule has 0 aliphatic heterocycles. The fraction of sp³-hybridized carbons (Fsp3) is 0.467. The lowest BCUT2D eigenvalue weighted by atomic mass is 9.71. The number of phenolic OH excluding ortho intramolecular Hbond substituents is 1. The third-order valence-electron chi connectivity index (χ3n) is 3.58. The Labute approximate surface area is 108 Å². The molecule has 98 valence electrons. The van der Waals surface area contributed by atoms with Crippen LogP contribution in [0.15, 0.2) is 24.3 Å². The van der Waals surface area contributed by atoms with E-state index in [1.165, 1.54) is 0 Å². The third kappa shape index (κ3) is 3.42. The van der Waals surface area contributed by atoms with Crippen molar-refractivity contribution < 1.29 is 14.7 Å². The van der Waals surface area contributed by atoms with Crippen LogP contribution < -0.4 is 0 Å². The predicted molar refractivity (Wildman–Crippen MR) is 70.4 cm³/mol. The minimum atomic E-state index is -0.502. The molecule has 1 unspecified atom stereocenters. The maximum Gasteiger partial charge on any atom is 0.126 e. The van der Waals surface area contributed by atoms with Gasteiger partial charge in [-0.15, -0.1) is 0 Å². The summed E-state index contributed by atoms with van der Waals surface area (Å²) in [7, 11) is 0. The van der Waals surface area contributed by atoms with E-state index in [1.807, 2.05) is 26.0 Å². The van der Waals surface area contributed by atoms with Gasteiger partial charge in [0.2, 0.25) is 0 Å². The summed E-state index contributed by atoms with van der Waals surface area (Å²) in [4.78, 5) is 22.0. The van der Waals surface area contributed by atoms with Crippen LogP contribution in [-0.2, 0) is 16.0 Å². The molecule has 1 aromatic carbocycles. The first-order chi connectivity index (χ1) is 8.54. The number of hydrogen-bond acceptors (Lipinski definition) is 3. The van der Waals surface area contributed by atoms with Gasteiger partial charge in [-0.05, 0) is 36.5 Å². The lowest BCUT2D eigenvalue weighted by Crippen LogP contribution is -2.32. The van der Waals surface area contributed by atoms with Crippen LogP contribution in [0, 0.1) is 11.3 Å². The number of benzene rings is 1. The van der Waals surface area contributed by atoms with Gasteiger partial charge >= 0.3 is 0 Å². The minimum Gasteiger partial charge on any atom is -0.508 e. The van der Waals surface area contributed by atoms with Crippen LogP contribution >= 0.6 is 0 Å². The van der Waals surface area contributed by atoms with E-state index in [-0.39, 0.29) is 11.7 Å². The second-order valence-corrected chi connectivity index (χ2v) is 5.05. The van der Waals surface area contributed by atoms with Crippen molar-refractivity contribution in [3.05, 3.63) is 29.8 Å². The van der Waals surface area contributed by atoms with Crippen molar-refractivity contribution in [3.8, 4) is 5.75 Å². The van der Waals surface area contributed by atoms with Crippen LogP contribution in [0.25, 0.3) is 0 Å². The van der Waals surface area contributed by atoms with Gasteiger partial charge < -0.3 is 14.7 Å². The molecule has 0 aliphatic carbocycles. The summed E-state index contributed by atoms with van der Waals surface area (Å²) in [5.74, 6) is 0.386. The number of carbonyl (C=O) groups excluding carboxylic acids is 2. The molecule has 0 radical (unpaired) electrons. The summed E-state index contributed by atoms with van der Waals surface area (Å²) in [5.41, 5.74) is 0.497. The SMILES string of the molecule is CC(C)C(C=O)(CCC=O)Cc1ccc(O)cc1. The van der Waals surface area contributed by atoms with E-state index >= 15 is 0 Å². The fourth-order valence-corrected chi connectivity index (χ4v) is 2.14. The van der Waals surface area contributed by atoms with Gasteiger partial charge in [0.25, 0.3) is 0 Å². The van der Waals surface area contributed by atoms with Gasteiger partial charge in [0.1, 0.15) is 18.3 Å². The molecule has 0 saturated carbocycles. The molecule has 1 atom stereocenters. The topological polar surface area (TPSA) is 54.4 Å². The van der Waals surface area contributed by atoms with E-state index in [0.29, 0.717) is 19.3 Å². The standard InChI is InChI=1S/C15H20O3/c1-12(2)15(11-17,8-3-9-16)10-13-4-6-14(18)7-5-13/h4-7,9,11-12,18H,3,8,10H2,1-2H3. The van der Waals surface area contributed by atoms with Gasteiger partial charge in [-0.1, -0.05) is 26.0 Å². The van der Waals surface area contributed by atoms with Crippen LogP contribution in [-0.4, -0.2) is 17.7 Å². The van der Waals surface area contributed by atoms with Crippen molar-refractivity contribution in [2.45, 2.75) is 33.1 Å². The third-order valence-corrected chi connectivity index (χ3v) is 3.58. The van der Waals surface area contributed by atoms with Crippen LogP contribution in [0.5, 0.6) is 5.75 Å². The number of rotatable bonds is 7. The Morgan fingerprint density at radius 1 is 1.22 bits per heavy atom. The zero-order valence-electron chi connectivity index (χ0n) is 10.9. The second-order valence-electron chi connectivity index (χ2n) is 5.05. The van der Waals surface area contributed by atoms with E-state index < -0.39 is 5.41 Å². The van der Waals surface area contributed by atoms with E-state index in [2.05, 4.69) is 0 Å². The summed E-state index contributed by atoms with van der Waals surface area (Å²) in [6.07, 6.45) is 3.40. The van der Waals surface area contributed by atoms with Gasteiger partial charge in [-0.25, -0.2) is 0 Å². The molecule has 0 aromatic heterocycles. The molecule has 0 spiro atoms. The summed E-state index contributed by atoms with van der Waals surface area (Å²) in [6, 6.07) is 6.86. The highest BCUT2D eigenvalue weighted by Crippen LogP contribution is 2.34. The molecule has 0 fully saturated rings. The Morgan fingerprint density at radius 2 is 1.83 bits per heavy atom. The van der Waals surface area contributed by atoms with Crippen LogP contribution in [0.2, 0.25) is 0 Å². The molecule has 1 N–H and O–H groups in total. The van der Waals surface area contributed by atoms with Crippen molar-refractivity contribution in [1.29, 1.82) is 0 Å². The second kappa shape index (κ2) is 6.34. The minimum absolute atomic E-state index is 0.170. The first-order valence-corrected chi connectivity index (χ1v) is 6.22. The van der Waals surface area contributed by atoms with E-state index in [0.717, 1.165) is 18.1 Å². The highest BCUT2D eigenvalue weighted by atomic mass is 16.3. The molecular weight excluding hydrogens is 228 g/mol. The van der Waals surface area contributed by atoms with E-state index in [4.69, 9.17) is 0 Å². The van der Waals surface area contributed by atoms with E-state index in [9.17, 15) is 14.7 Å². The monoisotopic (exact) mass is 248 g/mol. The Balaban J connectivity index is 2.92. The maximum absolute atomic E-state index is 11.5. The molecular formula is C15H20O3. The molecule has 0 saturated heterocycles. The van der Waals surface area contributed by atoms with Gasteiger partial charge in [-0.2, -0.15) is 0 Å². The van der Waals surface area contributed by atoms with Gasteiger partial charge in [0, 0.05) is 11.8 Å². The summed E-state index contributed by atoms with van der Waals surface area (Å²) < 4.78 is 0. The van der Waals surface area contributed by atoms with Crippen molar-refractivity contribution in [2.24, 2.45) is 11.3 Å². The van der Waals surface area contributed by atoms with E-state index in [1.54, 1.807) is 12.1 Å². The number of carbonyl (C=O) groups is 2. The lowest BCUT2D eigenvalue weighted by Gasteiger charge is -2.32. The average molecular weight is 248 g/mol. The Bertz CT molecular complexity index is 395. The van der Waals surface area contributed by atoms with Crippen molar-refractivity contribution in [2.75, 3.05) is 0 Å². The number of aldehydes is 2. The zero-order chi connectivity index (χ0) is 13.6. The normalized spacial score (nSPS) is 14.2. The van der Waals surface area contributed by atoms with Crippen LogP contribution in [0.3, 0.4) is 0 Å². The fourth-order valence-electron chi connectivity index (χ4n) is 2.14. The van der Waals surface area contributed by atoms with Crippen molar-refractivity contribution in [3.63, 3.8) is 0 Å². The largest absolute Gasteiger partial charge is 0.508 e. The van der Waals surface area contributed by atoms with Crippen LogP contribution in [0.1, 0.15) is 32.3 Å². The number of hydrogen-bond donors (Lipinski definition) is 1. The molecule has 0 heterocycles. The first-order valence-electron chi connectivity index (χ1n) is 6.22. The highest BCUT2D eigenvalue weighted by molar-refractivity contribution is 5.62. The quantitative estimate of drug-likeness (QED) is 0.755. The molecule has 1 aromatic rings. The summed E-state index contributed by atoms with van der Waals surface area (Å²) in [6.45, 7) is 4.00. The predicted octanol–water partition coefficient (Wildman–Crippen LogP) is 2.76. The zero-order valence-corrected chi connectivity index (χ0v) is 10.9. The lowest BCUT2D eigenvalue weighted by molar-refractivity contribution is -0.119. The molecule has 0 bridgehead atoms. The smallest absolute Gasteiger partial charge is 0.126 e. The maximum atomic E-state index is 11.5. The Morgan fingerprint density at radius 3 is 2.28 bits per heavy atom. The molecule has 3 heteroatoms. The van der Waals surface area contributed by atoms with Crippen LogP contribution in [0.4, 0.5) is 0 Å². The Kier molecular flexibility index (Phi) is 5.08. The van der Waals surface area contributed by atoms with Crippen molar-refractivity contribution >= 4 is 12.6 Å². The molecule has 0 aliphatic rings. The average Bonchev–Trinajstić information content (AvgIpc) is 2.36. The van der Waals surface area contributed by atoms with Gasteiger partial charge in [-0.3, -0.25) is 0 Å². The molecule has 18 heavy (non-hydrogen) atoms.